The highest BCUT2D eigenvalue weighted by Crippen LogP contribution is 2.20. The first-order chi connectivity index (χ1) is 12.9. The zero-order valence-corrected chi connectivity index (χ0v) is 15.7. The first-order valence-electron chi connectivity index (χ1n) is 8.73. The van der Waals surface area contributed by atoms with Gasteiger partial charge in [-0.25, -0.2) is 9.18 Å². The van der Waals surface area contributed by atoms with Gasteiger partial charge in [0.1, 0.15) is 24.2 Å². The van der Waals surface area contributed by atoms with E-state index in [1.165, 1.54) is 25.3 Å². The molecule has 2 aromatic rings. The fourth-order valence-electron chi connectivity index (χ4n) is 2.60. The second-order valence-electron chi connectivity index (χ2n) is 6.52. The SMILES string of the molecule is COc1ccc(F)cc1COC(=O)[C@@H](NC(=O)Cc1ccccc1)C(C)C. The van der Waals surface area contributed by atoms with Gasteiger partial charge in [0, 0.05) is 5.56 Å². The molecule has 2 rings (SSSR count). The third kappa shape index (κ3) is 6.09. The maximum absolute atomic E-state index is 13.4. The van der Waals surface area contributed by atoms with Crippen LogP contribution in [-0.2, 0) is 27.4 Å². The van der Waals surface area contributed by atoms with Crippen LogP contribution in [0.15, 0.2) is 48.5 Å². The van der Waals surface area contributed by atoms with Gasteiger partial charge in [-0.05, 0) is 29.7 Å². The van der Waals surface area contributed by atoms with Crippen molar-refractivity contribution in [2.75, 3.05) is 7.11 Å². The minimum atomic E-state index is -0.791. The van der Waals surface area contributed by atoms with Crippen molar-refractivity contribution >= 4 is 11.9 Å². The maximum Gasteiger partial charge on any atom is 0.329 e. The molecule has 1 amide bonds. The van der Waals surface area contributed by atoms with E-state index in [-0.39, 0.29) is 24.9 Å². The van der Waals surface area contributed by atoms with E-state index in [0.717, 1.165) is 5.56 Å². The molecule has 144 valence electrons. The van der Waals surface area contributed by atoms with Crippen LogP contribution >= 0.6 is 0 Å². The van der Waals surface area contributed by atoms with Gasteiger partial charge >= 0.3 is 5.97 Å². The molecule has 2 aromatic carbocycles. The molecule has 0 heterocycles. The van der Waals surface area contributed by atoms with Crippen molar-refractivity contribution in [3.05, 3.63) is 65.5 Å². The fourth-order valence-corrected chi connectivity index (χ4v) is 2.60. The predicted molar refractivity (Wildman–Crippen MR) is 99.7 cm³/mol. The van der Waals surface area contributed by atoms with Gasteiger partial charge in [-0.15, -0.1) is 0 Å². The van der Waals surface area contributed by atoms with Crippen molar-refractivity contribution in [2.45, 2.75) is 32.9 Å². The second kappa shape index (κ2) is 9.71. The standard InChI is InChI=1S/C21H24FNO4/c1-14(2)20(23-19(24)11-15-7-5-4-6-8-15)21(25)27-13-16-12-17(22)9-10-18(16)26-3/h4-10,12,14,20H,11,13H2,1-3H3,(H,23,24)/t20-/m0/s1. The number of nitrogens with one attached hydrogen (secondary N) is 1. The van der Waals surface area contributed by atoms with E-state index in [2.05, 4.69) is 5.32 Å². The Bertz CT molecular complexity index is 777. The van der Waals surface area contributed by atoms with Crippen LogP contribution in [0.4, 0.5) is 4.39 Å². The van der Waals surface area contributed by atoms with Crippen LogP contribution in [0.1, 0.15) is 25.0 Å². The molecule has 6 heteroatoms. The Hall–Kier alpha value is -2.89. The van der Waals surface area contributed by atoms with Crippen molar-refractivity contribution in [3.8, 4) is 5.75 Å². The van der Waals surface area contributed by atoms with Gasteiger partial charge < -0.3 is 14.8 Å². The van der Waals surface area contributed by atoms with E-state index in [4.69, 9.17) is 9.47 Å². The van der Waals surface area contributed by atoms with E-state index < -0.39 is 17.8 Å². The van der Waals surface area contributed by atoms with E-state index in [0.29, 0.717) is 11.3 Å². The summed E-state index contributed by atoms with van der Waals surface area (Å²) in [5, 5.41) is 2.72. The monoisotopic (exact) mass is 373 g/mol. The van der Waals surface area contributed by atoms with Gasteiger partial charge in [0.05, 0.1) is 13.5 Å². The minimum Gasteiger partial charge on any atom is -0.496 e. The Morgan fingerprint density at radius 1 is 1.11 bits per heavy atom. The number of hydrogen-bond donors (Lipinski definition) is 1. The number of carbonyl (C=O) groups is 2. The third-order valence-electron chi connectivity index (χ3n) is 4.06. The summed E-state index contributed by atoms with van der Waals surface area (Å²) in [6.07, 6.45) is 0.176. The van der Waals surface area contributed by atoms with Gasteiger partial charge in [-0.2, -0.15) is 0 Å². The molecule has 0 unspecified atom stereocenters. The Balaban J connectivity index is 1.98. The molecule has 1 N–H and O–H groups in total. The molecule has 0 radical (unpaired) electrons. The first kappa shape index (κ1) is 20.4. The minimum absolute atomic E-state index is 0.141. The van der Waals surface area contributed by atoms with Crippen molar-refractivity contribution in [2.24, 2.45) is 5.92 Å². The zero-order chi connectivity index (χ0) is 19.8. The summed E-state index contributed by atoms with van der Waals surface area (Å²) in [6.45, 7) is 3.49. The smallest absolute Gasteiger partial charge is 0.329 e. The number of hydrogen-bond acceptors (Lipinski definition) is 4. The highest BCUT2D eigenvalue weighted by molar-refractivity contribution is 5.85. The molecule has 0 fully saturated rings. The lowest BCUT2D eigenvalue weighted by atomic mass is 10.0. The zero-order valence-electron chi connectivity index (χ0n) is 15.7. The van der Waals surface area contributed by atoms with Gasteiger partial charge in [-0.1, -0.05) is 44.2 Å². The molecule has 1 atom stereocenters. The molecule has 5 nitrogen and oxygen atoms in total. The molecule has 0 saturated carbocycles. The Labute approximate surface area is 158 Å². The number of ether oxygens (including phenoxy) is 2. The average molecular weight is 373 g/mol. The Morgan fingerprint density at radius 3 is 2.44 bits per heavy atom. The van der Waals surface area contributed by atoms with Crippen LogP contribution < -0.4 is 10.1 Å². The lowest BCUT2D eigenvalue weighted by Crippen LogP contribution is -2.45. The van der Waals surface area contributed by atoms with Crippen LogP contribution in [0.2, 0.25) is 0 Å². The maximum atomic E-state index is 13.4. The number of benzene rings is 2. The van der Waals surface area contributed by atoms with E-state index >= 15 is 0 Å². The van der Waals surface area contributed by atoms with E-state index in [1.807, 2.05) is 44.2 Å². The van der Waals surface area contributed by atoms with Crippen molar-refractivity contribution in [1.82, 2.24) is 5.32 Å². The number of rotatable bonds is 8. The highest BCUT2D eigenvalue weighted by atomic mass is 19.1. The molecular formula is C21H24FNO4. The summed E-state index contributed by atoms with van der Waals surface area (Å²) < 4.78 is 23.9. The molecule has 0 aromatic heterocycles. The summed E-state index contributed by atoms with van der Waals surface area (Å²) in [7, 11) is 1.46. The lowest BCUT2D eigenvalue weighted by Gasteiger charge is -2.21. The Morgan fingerprint density at radius 2 is 1.81 bits per heavy atom. The van der Waals surface area contributed by atoms with Gasteiger partial charge in [0.2, 0.25) is 5.91 Å². The Kier molecular flexibility index (Phi) is 7.34. The van der Waals surface area contributed by atoms with E-state index in [1.54, 1.807) is 0 Å². The van der Waals surface area contributed by atoms with Crippen LogP contribution in [0.3, 0.4) is 0 Å². The molecule has 0 bridgehead atoms. The van der Waals surface area contributed by atoms with Gasteiger partial charge in [0.25, 0.3) is 0 Å². The topological polar surface area (TPSA) is 64.6 Å². The highest BCUT2D eigenvalue weighted by Gasteiger charge is 2.26. The van der Waals surface area contributed by atoms with Gasteiger partial charge in [0.15, 0.2) is 0 Å². The third-order valence-corrected chi connectivity index (χ3v) is 4.06. The lowest BCUT2D eigenvalue weighted by molar-refractivity contribution is -0.150. The van der Waals surface area contributed by atoms with Crippen molar-refractivity contribution in [1.29, 1.82) is 0 Å². The molecule has 0 spiro atoms. The first-order valence-corrected chi connectivity index (χ1v) is 8.73. The normalized spacial score (nSPS) is 11.7. The molecule has 0 aliphatic rings. The van der Waals surface area contributed by atoms with Crippen molar-refractivity contribution < 1.29 is 23.5 Å². The summed E-state index contributed by atoms with van der Waals surface area (Å²) in [6, 6.07) is 12.5. The van der Waals surface area contributed by atoms with E-state index in [9.17, 15) is 14.0 Å². The quantitative estimate of drug-likeness (QED) is 0.722. The summed E-state index contributed by atoms with van der Waals surface area (Å²) in [5.74, 6) is -1.01. The van der Waals surface area contributed by atoms with Crippen molar-refractivity contribution in [3.63, 3.8) is 0 Å². The number of methoxy groups -OCH3 is 1. The number of amides is 1. The number of esters is 1. The summed E-state index contributed by atoms with van der Waals surface area (Å²) in [4.78, 5) is 24.7. The largest absolute Gasteiger partial charge is 0.496 e. The summed E-state index contributed by atoms with van der Waals surface area (Å²) >= 11 is 0. The van der Waals surface area contributed by atoms with Crippen LogP contribution in [0.25, 0.3) is 0 Å². The molecule has 27 heavy (non-hydrogen) atoms. The summed E-state index contributed by atoms with van der Waals surface area (Å²) in [5.41, 5.74) is 1.28. The molecule has 0 aliphatic heterocycles. The molecule has 0 saturated heterocycles. The number of halogens is 1. The van der Waals surface area contributed by atoms with Crippen LogP contribution in [0.5, 0.6) is 5.75 Å². The molecule has 0 aliphatic carbocycles. The second-order valence-corrected chi connectivity index (χ2v) is 6.52. The van der Waals surface area contributed by atoms with Gasteiger partial charge in [-0.3, -0.25) is 4.79 Å². The average Bonchev–Trinajstić information content (AvgIpc) is 2.65. The van der Waals surface area contributed by atoms with Crippen LogP contribution in [-0.4, -0.2) is 25.0 Å². The molecular weight excluding hydrogens is 349 g/mol. The van der Waals surface area contributed by atoms with Crippen LogP contribution in [0, 0.1) is 11.7 Å². The fraction of sp³-hybridized carbons (Fsp3) is 0.333. The number of carbonyl (C=O) groups excluding carboxylic acids is 2. The predicted octanol–water partition coefficient (Wildman–Crippen LogP) is 3.26.